The zero-order chi connectivity index (χ0) is 34.1. The van der Waals surface area contributed by atoms with Crippen molar-refractivity contribution in [1.82, 2.24) is 19.9 Å². The number of hydrogen-bond acceptors (Lipinski definition) is 9. The van der Waals surface area contributed by atoms with Crippen LogP contribution >= 0.6 is 0 Å². The lowest BCUT2D eigenvalue weighted by Gasteiger charge is -2.36. The largest absolute Gasteiger partial charge is 0.475 e. The molecule has 2 aromatic carbocycles. The van der Waals surface area contributed by atoms with E-state index in [1.54, 1.807) is 29.3 Å². The number of nitrogens with zero attached hydrogens (tertiary/aromatic N) is 5. The maximum Gasteiger partial charge on any atom is 0.264 e. The van der Waals surface area contributed by atoms with E-state index in [9.17, 15) is 13.2 Å². The summed E-state index contributed by atoms with van der Waals surface area (Å²) in [4.78, 5) is 32.1. The number of pyridine rings is 1. The lowest BCUT2D eigenvalue weighted by atomic mass is 9.87. The number of anilines is 2. The van der Waals surface area contributed by atoms with Crippen LogP contribution in [-0.4, -0.2) is 73.1 Å². The van der Waals surface area contributed by atoms with E-state index in [0.717, 1.165) is 41.2 Å². The van der Waals surface area contributed by atoms with E-state index in [1.807, 2.05) is 44.2 Å². The Kier molecular flexibility index (Phi) is 9.39. The van der Waals surface area contributed by atoms with Crippen LogP contribution in [0.4, 0.5) is 11.8 Å². The van der Waals surface area contributed by atoms with Crippen LogP contribution in [0.3, 0.4) is 0 Å². The summed E-state index contributed by atoms with van der Waals surface area (Å²) in [6.45, 7) is 13.5. The van der Waals surface area contributed by atoms with Crippen molar-refractivity contribution in [3.63, 3.8) is 0 Å². The molecule has 1 atom stereocenters. The maximum absolute atomic E-state index is 14.4. The summed E-state index contributed by atoms with van der Waals surface area (Å²) in [5.41, 5.74) is 4.28. The van der Waals surface area contributed by atoms with Gasteiger partial charge in [-0.05, 0) is 66.6 Å². The molecular formula is C36H42N6O5S. The summed E-state index contributed by atoms with van der Waals surface area (Å²) < 4.78 is 41.7. The Labute approximate surface area is 282 Å². The van der Waals surface area contributed by atoms with Crippen molar-refractivity contribution in [3.05, 3.63) is 89.1 Å². The van der Waals surface area contributed by atoms with Gasteiger partial charge >= 0.3 is 0 Å². The number of aryl methyl sites for hydroxylation is 2. The Morgan fingerprint density at radius 1 is 0.958 bits per heavy atom. The van der Waals surface area contributed by atoms with Crippen LogP contribution < -0.4 is 14.4 Å². The van der Waals surface area contributed by atoms with Gasteiger partial charge in [0.15, 0.2) is 0 Å². The number of fused-ring (bicyclic) bond motifs is 4. The quantitative estimate of drug-likeness (QED) is 0.287. The Morgan fingerprint density at radius 2 is 1.69 bits per heavy atom. The van der Waals surface area contributed by atoms with E-state index in [2.05, 4.69) is 40.4 Å². The molecule has 1 saturated heterocycles. The first-order chi connectivity index (χ1) is 22.9. The molecule has 11 nitrogen and oxygen atoms in total. The first-order valence-corrected chi connectivity index (χ1v) is 17.6. The highest BCUT2D eigenvalue weighted by Gasteiger charge is 2.31. The third-order valence-electron chi connectivity index (χ3n) is 8.53. The van der Waals surface area contributed by atoms with Crippen LogP contribution in [0.1, 0.15) is 54.2 Å². The molecule has 48 heavy (non-hydrogen) atoms. The van der Waals surface area contributed by atoms with Crippen molar-refractivity contribution in [2.24, 2.45) is 5.41 Å². The van der Waals surface area contributed by atoms with Gasteiger partial charge in [-0.1, -0.05) is 51.1 Å². The number of nitrogens with one attached hydrogen (secondary N) is 1. The van der Waals surface area contributed by atoms with Gasteiger partial charge in [-0.15, -0.1) is 0 Å². The van der Waals surface area contributed by atoms with Gasteiger partial charge in [-0.3, -0.25) is 4.79 Å². The minimum atomic E-state index is -4.16. The van der Waals surface area contributed by atoms with Crippen molar-refractivity contribution in [3.8, 4) is 17.1 Å². The van der Waals surface area contributed by atoms with Gasteiger partial charge in [0.2, 0.25) is 11.8 Å². The molecule has 2 aromatic heterocycles. The predicted octanol–water partition coefficient (Wildman–Crippen LogP) is 5.63. The van der Waals surface area contributed by atoms with Crippen LogP contribution in [0.5, 0.6) is 5.88 Å². The second kappa shape index (κ2) is 13.5. The Morgan fingerprint density at radius 3 is 2.38 bits per heavy atom. The van der Waals surface area contributed by atoms with Gasteiger partial charge < -0.3 is 19.3 Å². The summed E-state index contributed by atoms with van der Waals surface area (Å²) in [7, 11) is -4.16. The van der Waals surface area contributed by atoms with Gasteiger partial charge in [-0.25, -0.2) is 23.1 Å². The van der Waals surface area contributed by atoms with E-state index >= 15 is 0 Å². The molecule has 0 radical (unpaired) electrons. The number of hydrogen-bond donors (Lipinski definition) is 1. The molecular weight excluding hydrogens is 629 g/mol. The standard InChI is InChI=1S/C36H42N6O5S/c1-24-8-6-9-25(2)33(24)30-19-32-39-35(38-30)40-48(44,45)29-11-7-10-27(18-29)34(43)42(28(23-47-32)20-36(3,4)5)22-26-12-13-31(37-21-26)41-14-16-46-17-15-41/h6-13,18-19,21,28H,14-17,20,22-23H2,1-5H3,(H,38,39,40)/t28-/m1/s1. The molecule has 4 bridgehead atoms. The molecule has 1 fully saturated rings. The maximum atomic E-state index is 14.4. The number of ether oxygens (including phenoxy) is 2. The molecule has 0 spiro atoms. The first-order valence-electron chi connectivity index (χ1n) is 16.2. The van der Waals surface area contributed by atoms with Gasteiger partial charge in [0.05, 0.1) is 29.8 Å². The molecule has 1 amide bonds. The van der Waals surface area contributed by atoms with Crippen molar-refractivity contribution < 1.29 is 22.7 Å². The normalized spacial score (nSPS) is 18.2. The van der Waals surface area contributed by atoms with E-state index in [-0.39, 0.29) is 46.8 Å². The van der Waals surface area contributed by atoms with E-state index < -0.39 is 16.1 Å². The molecule has 12 heteroatoms. The second-order valence-corrected chi connectivity index (χ2v) is 15.3. The van der Waals surface area contributed by atoms with Crippen molar-refractivity contribution in [1.29, 1.82) is 0 Å². The zero-order valence-electron chi connectivity index (χ0n) is 28.1. The van der Waals surface area contributed by atoms with Gasteiger partial charge in [0, 0.05) is 43.0 Å². The molecule has 1 N–H and O–H groups in total. The van der Waals surface area contributed by atoms with Crippen LogP contribution in [0.15, 0.2) is 71.8 Å². The average Bonchev–Trinajstić information content (AvgIpc) is 3.05. The number of carbonyl (C=O) groups excluding carboxylic acids is 1. The summed E-state index contributed by atoms with van der Waals surface area (Å²) in [6.07, 6.45) is 2.41. The SMILES string of the molecule is Cc1cccc(C)c1-c1cc2nc(n1)NS(=O)(=O)c1cccc(c1)C(=O)N(Cc1ccc(N3CCOCC3)nc1)[C@H](CC(C)(C)C)CO2. The molecule has 0 saturated carbocycles. The molecule has 4 aromatic rings. The summed E-state index contributed by atoms with van der Waals surface area (Å²) in [5, 5.41) is 0. The highest BCUT2D eigenvalue weighted by Crippen LogP contribution is 2.32. The number of carbonyl (C=O) groups is 1. The molecule has 6 rings (SSSR count). The fourth-order valence-electron chi connectivity index (χ4n) is 6.23. The van der Waals surface area contributed by atoms with Gasteiger partial charge in [-0.2, -0.15) is 4.98 Å². The fraction of sp³-hybridized carbons (Fsp3) is 0.389. The number of morpholine rings is 1. The number of sulfonamides is 1. The molecule has 2 aliphatic rings. The Balaban J connectivity index is 1.43. The number of aromatic nitrogens is 3. The van der Waals surface area contributed by atoms with Gasteiger partial charge in [0.25, 0.3) is 15.9 Å². The highest BCUT2D eigenvalue weighted by atomic mass is 32.2. The third-order valence-corrected chi connectivity index (χ3v) is 9.85. The van der Waals surface area contributed by atoms with E-state index in [4.69, 9.17) is 14.5 Å². The molecule has 0 unspecified atom stereocenters. The van der Waals surface area contributed by atoms with Crippen molar-refractivity contribution in [2.75, 3.05) is 42.5 Å². The molecule has 0 aliphatic carbocycles. The van der Waals surface area contributed by atoms with Crippen LogP contribution in [-0.2, 0) is 21.3 Å². The summed E-state index contributed by atoms with van der Waals surface area (Å²) in [5.74, 6) is 0.638. The van der Waals surface area contributed by atoms with Crippen LogP contribution in [0.25, 0.3) is 11.3 Å². The predicted molar refractivity (Wildman–Crippen MR) is 185 cm³/mol. The topological polar surface area (TPSA) is 127 Å². The fourth-order valence-corrected chi connectivity index (χ4v) is 7.22. The lowest BCUT2D eigenvalue weighted by molar-refractivity contribution is 0.0513. The highest BCUT2D eigenvalue weighted by molar-refractivity contribution is 7.92. The monoisotopic (exact) mass is 670 g/mol. The van der Waals surface area contributed by atoms with Crippen LogP contribution in [0, 0.1) is 19.3 Å². The number of rotatable bonds is 5. The minimum Gasteiger partial charge on any atom is -0.475 e. The lowest BCUT2D eigenvalue weighted by Crippen LogP contribution is -2.45. The Bertz CT molecular complexity index is 1880. The summed E-state index contributed by atoms with van der Waals surface area (Å²) >= 11 is 0. The number of benzene rings is 2. The van der Waals surface area contributed by atoms with Crippen LogP contribution in [0.2, 0.25) is 0 Å². The summed E-state index contributed by atoms with van der Waals surface area (Å²) in [6, 6.07) is 17.3. The molecule has 2 aliphatic heterocycles. The second-order valence-electron chi connectivity index (χ2n) is 13.6. The average molecular weight is 671 g/mol. The van der Waals surface area contributed by atoms with E-state index in [1.165, 1.54) is 12.1 Å². The minimum absolute atomic E-state index is 0.0695. The van der Waals surface area contributed by atoms with Crippen molar-refractivity contribution in [2.45, 2.75) is 58.5 Å². The third kappa shape index (κ3) is 7.60. The smallest absolute Gasteiger partial charge is 0.264 e. The van der Waals surface area contributed by atoms with E-state index in [0.29, 0.717) is 25.3 Å². The molecule has 252 valence electrons. The number of amides is 1. The van der Waals surface area contributed by atoms with Crippen molar-refractivity contribution >= 4 is 27.7 Å². The molecule has 4 heterocycles. The zero-order valence-corrected chi connectivity index (χ0v) is 28.9. The first kappa shape index (κ1) is 33.4. The Hall–Kier alpha value is -4.55. The van der Waals surface area contributed by atoms with Gasteiger partial charge in [0.1, 0.15) is 12.4 Å².